The van der Waals surface area contributed by atoms with Crippen LogP contribution in [0.25, 0.3) is 0 Å². The highest BCUT2D eigenvalue weighted by Gasteiger charge is 2.36. The Morgan fingerprint density at radius 3 is 2.57 bits per heavy atom. The highest BCUT2D eigenvalue weighted by molar-refractivity contribution is 6.30. The third kappa shape index (κ3) is 1.55. The molecule has 1 aliphatic rings. The Labute approximate surface area is 88.7 Å². The van der Waals surface area contributed by atoms with E-state index in [9.17, 15) is 5.11 Å². The lowest BCUT2D eigenvalue weighted by atomic mass is 9.76. The Morgan fingerprint density at radius 1 is 1.57 bits per heavy atom. The summed E-state index contributed by atoms with van der Waals surface area (Å²) in [5, 5.41) is 14.9. The van der Waals surface area contributed by atoms with Gasteiger partial charge in [-0.15, -0.1) is 0 Å². The van der Waals surface area contributed by atoms with Gasteiger partial charge in [-0.2, -0.15) is 5.10 Å². The summed E-state index contributed by atoms with van der Waals surface area (Å²) >= 11 is 6.09. The largest absolute Gasteiger partial charge is 0.390 e. The summed E-state index contributed by atoms with van der Waals surface area (Å²) in [6.45, 7) is 1.93. The van der Waals surface area contributed by atoms with E-state index in [2.05, 4.69) is 5.10 Å². The molecule has 1 aliphatic carbocycles. The molecule has 2 rings (SSSR count). The average molecular weight is 215 g/mol. The minimum Gasteiger partial charge on any atom is -0.390 e. The molecule has 78 valence electrons. The molecule has 0 atom stereocenters. The third-order valence-corrected chi connectivity index (χ3v) is 3.53. The van der Waals surface area contributed by atoms with Gasteiger partial charge in [0, 0.05) is 19.0 Å². The molecule has 1 saturated carbocycles. The van der Waals surface area contributed by atoms with E-state index in [-0.39, 0.29) is 0 Å². The summed E-state index contributed by atoms with van der Waals surface area (Å²) in [7, 11) is 1.82. The molecule has 0 saturated heterocycles. The quantitative estimate of drug-likeness (QED) is 0.816. The molecule has 0 spiro atoms. The summed E-state index contributed by atoms with van der Waals surface area (Å²) in [5.41, 5.74) is 1.41. The molecular weight excluding hydrogens is 200 g/mol. The maximum Gasteiger partial charge on any atom is 0.130 e. The standard InChI is InChI=1S/C10H15ClN2O/c1-7-8(9(11)13(2)12-7)6-10(14)4-3-5-10/h14H,3-6H2,1-2H3. The van der Waals surface area contributed by atoms with E-state index in [1.165, 1.54) is 0 Å². The molecule has 1 aromatic heterocycles. The summed E-state index contributed by atoms with van der Waals surface area (Å²) in [6.07, 6.45) is 3.54. The van der Waals surface area contributed by atoms with E-state index in [4.69, 9.17) is 11.6 Å². The second-order valence-corrected chi connectivity index (χ2v) is 4.59. The fraction of sp³-hybridized carbons (Fsp3) is 0.700. The van der Waals surface area contributed by atoms with Crippen molar-refractivity contribution in [1.82, 2.24) is 9.78 Å². The van der Waals surface area contributed by atoms with Crippen LogP contribution in [0.5, 0.6) is 0 Å². The molecule has 1 aromatic rings. The van der Waals surface area contributed by atoms with Gasteiger partial charge in [-0.1, -0.05) is 11.6 Å². The molecule has 4 heteroatoms. The SMILES string of the molecule is Cc1nn(C)c(Cl)c1CC1(O)CCC1. The first-order valence-corrected chi connectivity index (χ1v) is 5.30. The molecular formula is C10H15ClN2O. The second-order valence-electron chi connectivity index (χ2n) is 4.23. The highest BCUT2D eigenvalue weighted by atomic mass is 35.5. The zero-order valence-corrected chi connectivity index (χ0v) is 9.30. The van der Waals surface area contributed by atoms with Crippen LogP contribution in [0.2, 0.25) is 5.15 Å². The molecule has 0 unspecified atom stereocenters. The second kappa shape index (κ2) is 3.24. The van der Waals surface area contributed by atoms with Gasteiger partial charge in [0.15, 0.2) is 0 Å². The number of aliphatic hydroxyl groups is 1. The molecule has 14 heavy (non-hydrogen) atoms. The summed E-state index contributed by atoms with van der Waals surface area (Å²) in [6, 6.07) is 0. The highest BCUT2D eigenvalue weighted by Crippen LogP contribution is 2.36. The molecule has 0 aromatic carbocycles. The number of hydrogen-bond acceptors (Lipinski definition) is 2. The Balaban J connectivity index is 2.23. The predicted molar refractivity (Wildman–Crippen MR) is 55.5 cm³/mol. The monoisotopic (exact) mass is 214 g/mol. The maximum atomic E-state index is 10.0. The van der Waals surface area contributed by atoms with Crippen molar-refractivity contribution in [2.45, 2.75) is 38.2 Å². The zero-order chi connectivity index (χ0) is 10.3. The normalized spacial score (nSPS) is 19.4. The molecule has 0 aliphatic heterocycles. The molecule has 3 nitrogen and oxygen atoms in total. The van der Waals surface area contributed by atoms with Crippen molar-refractivity contribution in [2.24, 2.45) is 7.05 Å². The number of aryl methyl sites for hydroxylation is 2. The predicted octanol–water partition coefficient (Wildman–Crippen LogP) is 1.84. The van der Waals surface area contributed by atoms with Crippen LogP contribution < -0.4 is 0 Å². The van der Waals surface area contributed by atoms with E-state index >= 15 is 0 Å². The Morgan fingerprint density at radius 2 is 2.21 bits per heavy atom. The summed E-state index contributed by atoms with van der Waals surface area (Å²) in [5.74, 6) is 0. The van der Waals surface area contributed by atoms with Gasteiger partial charge >= 0.3 is 0 Å². The van der Waals surface area contributed by atoms with E-state index in [0.717, 1.165) is 30.5 Å². The van der Waals surface area contributed by atoms with Gasteiger partial charge in [-0.25, -0.2) is 0 Å². The number of hydrogen-bond donors (Lipinski definition) is 1. The molecule has 0 radical (unpaired) electrons. The topological polar surface area (TPSA) is 38.0 Å². The molecule has 0 amide bonds. The van der Waals surface area contributed by atoms with Gasteiger partial charge in [-0.3, -0.25) is 4.68 Å². The first-order chi connectivity index (χ1) is 6.52. The van der Waals surface area contributed by atoms with Crippen molar-refractivity contribution < 1.29 is 5.11 Å². The fourth-order valence-electron chi connectivity index (χ4n) is 1.97. The van der Waals surface area contributed by atoms with Crippen LogP contribution in [0, 0.1) is 6.92 Å². The van der Waals surface area contributed by atoms with Crippen LogP contribution in [0.4, 0.5) is 0 Å². The van der Waals surface area contributed by atoms with Crippen molar-refractivity contribution in [3.63, 3.8) is 0 Å². The van der Waals surface area contributed by atoms with E-state index in [1.54, 1.807) is 4.68 Å². The number of aromatic nitrogens is 2. The van der Waals surface area contributed by atoms with Crippen LogP contribution in [0.15, 0.2) is 0 Å². The molecule has 1 N–H and O–H groups in total. The van der Waals surface area contributed by atoms with E-state index < -0.39 is 5.60 Å². The van der Waals surface area contributed by atoms with Gasteiger partial charge in [0.1, 0.15) is 5.15 Å². The lowest BCUT2D eigenvalue weighted by Gasteiger charge is -2.36. The zero-order valence-electron chi connectivity index (χ0n) is 8.55. The van der Waals surface area contributed by atoms with Crippen LogP contribution in [0.1, 0.15) is 30.5 Å². The lowest BCUT2D eigenvalue weighted by molar-refractivity contribution is -0.0324. The van der Waals surface area contributed by atoms with E-state index in [1.807, 2.05) is 14.0 Å². The third-order valence-electron chi connectivity index (χ3n) is 3.06. The van der Waals surface area contributed by atoms with Gasteiger partial charge in [0.2, 0.25) is 0 Å². The van der Waals surface area contributed by atoms with Crippen molar-refractivity contribution in [2.75, 3.05) is 0 Å². The first-order valence-electron chi connectivity index (χ1n) is 4.92. The van der Waals surface area contributed by atoms with Crippen molar-refractivity contribution in [1.29, 1.82) is 0 Å². The Bertz CT molecular complexity index is 355. The minimum atomic E-state index is -0.516. The first kappa shape index (κ1) is 9.99. The minimum absolute atomic E-state index is 0.516. The van der Waals surface area contributed by atoms with Gasteiger partial charge in [0.05, 0.1) is 11.3 Å². The Kier molecular flexibility index (Phi) is 2.32. The number of halogens is 1. The molecule has 1 heterocycles. The van der Waals surface area contributed by atoms with Crippen molar-refractivity contribution in [3.8, 4) is 0 Å². The Hall–Kier alpha value is -0.540. The number of rotatable bonds is 2. The van der Waals surface area contributed by atoms with Gasteiger partial charge < -0.3 is 5.11 Å². The average Bonchev–Trinajstić information content (AvgIpc) is 2.29. The summed E-state index contributed by atoms with van der Waals surface area (Å²) in [4.78, 5) is 0. The van der Waals surface area contributed by atoms with Gasteiger partial charge in [-0.05, 0) is 26.2 Å². The number of nitrogens with zero attached hydrogens (tertiary/aromatic N) is 2. The maximum absolute atomic E-state index is 10.0. The van der Waals surface area contributed by atoms with Crippen LogP contribution in [0.3, 0.4) is 0 Å². The van der Waals surface area contributed by atoms with Gasteiger partial charge in [0.25, 0.3) is 0 Å². The van der Waals surface area contributed by atoms with Crippen LogP contribution in [-0.2, 0) is 13.5 Å². The lowest BCUT2D eigenvalue weighted by Crippen LogP contribution is -2.39. The molecule has 0 bridgehead atoms. The van der Waals surface area contributed by atoms with Crippen molar-refractivity contribution >= 4 is 11.6 Å². The summed E-state index contributed by atoms with van der Waals surface area (Å²) < 4.78 is 1.66. The van der Waals surface area contributed by atoms with Crippen molar-refractivity contribution in [3.05, 3.63) is 16.4 Å². The fourth-order valence-corrected chi connectivity index (χ4v) is 2.21. The molecule has 1 fully saturated rings. The van der Waals surface area contributed by atoms with E-state index in [0.29, 0.717) is 11.6 Å². The smallest absolute Gasteiger partial charge is 0.130 e. The van der Waals surface area contributed by atoms with Crippen LogP contribution in [-0.4, -0.2) is 20.5 Å². The van der Waals surface area contributed by atoms with Crippen LogP contribution >= 0.6 is 11.6 Å².